The zero-order valence-corrected chi connectivity index (χ0v) is 16.7. The van der Waals surface area contributed by atoms with Gasteiger partial charge in [-0.1, -0.05) is 6.92 Å². The topological polar surface area (TPSA) is 105 Å². The van der Waals surface area contributed by atoms with Crippen LogP contribution in [0.15, 0.2) is 29.2 Å². The van der Waals surface area contributed by atoms with Crippen LogP contribution in [0.1, 0.15) is 26.7 Å². The lowest BCUT2D eigenvalue weighted by Gasteiger charge is -2.23. The second kappa shape index (κ2) is 9.29. The second-order valence-corrected chi connectivity index (χ2v) is 8.43. The highest BCUT2D eigenvalue weighted by Gasteiger charge is 2.36. The molecule has 1 aliphatic rings. The number of nitrogens with zero attached hydrogens (tertiary/aromatic N) is 1. The van der Waals surface area contributed by atoms with Crippen molar-refractivity contribution in [3.63, 3.8) is 0 Å². The van der Waals surface area contributed by atoms with Gasteiger partial charge in [0.2, 0.25) is 21.8 Å². The van der Waals surface area contributed by atoms with E-state index >= 15 is 0 Å². The van der Waals surface area contributed by atoms with Crippen molar-refractivity contribution >= 4 is 27.5 Å². The van der Waals surface area contributed by atoms with E-state index < -0.39 is 15.9 Å². The lowest BCUT2D eigenvalue weighted by atomic mass is 10.1. The van der Waals surface area contributed by atoms with Gasteiger partial charge in [0, 0.05) is 32.3 Å². The third kappa shape index (κ3) is 5.50. The maximum Gasteiger partial charge on any atom is 0.240 e. The van der Waals surface area contributed by atoms with Gasteiger partial charge in [0.05, 0.1) is 23.5 Å². The molecule has 0 radical (unpaired) electrons. The van der Waals surface area contributed by atoms with Gasteiger partial charge in [-0.2, -0.15) is 0 Å². The van der Waals surface area contributed by atoms with E-state index in [0.29, 0.717) is 31.8 Å². The number of hydrogen-bond donors (Lipinski definition) is 2. The standard InChI is InChI=1S/C18H27N3O5S/c1-4-9-19-27(24,25)16-7-5-15(6-8-16)20-18(23)14-10-17(22)21(11-14)13(2)12-26-3/h5-8,13-14,19H,4,9-12H2,1-3H3,(H,20,23). The zero-order chi connectivity index (χ0) is 20.0. The van der Waals surface area contributed by atoms with Crippen LogP contribution in [0.2, 0.25) is 0 Å². The Bertz CT molecular complexity index is 764. The largest absolute Gasteiger partial charge is 0.383 e. The van der Waals surface area contributed by atoms with Crippen LogP contribution in [0.5, 0.6) is 0 Å². The summed E-state index contributed by atoms with van der Waals surface area (Å²) in [5.41, 5.74) is 0.491. The molecule has 150 valence electrons. The third-order valence-corrected chi connectivity index (χ3v) is 5.92. The van der Waals surface area contributed by atoms with E-state index in [-0.39, 0.29) is 29.2 Å². The molecule has 8 nitrogen and oxygen atoms in total. The van der Waals surface area contributed by atoms with E-state index in [1.807, 2.05) is 13.8 Å². The number of ether oxygens (including phenoxy) is 1. The number of nitrogens with one attached hydrogen (secondary N) is 2. The highest BCUT2D eigenvalue weighted by molar-refractivity contribution is 7.89. The number of anilines is 1. The first kappa shape index (κ1) is 21.3. The second-order valence-electron chi connectivity index (χ2n) is 6.66. The molecule has 1 aromatic carbocycles. The molecule has 0 bridgehead atoms. The van der Waals surface area contributed by atoms with Gasteiger partial charge in [-0.25, -0.2) is 13.1 Å². The third-order valence-electron chi connectivity index (χ3n) is 4.44. The summed E-state index contributed by atoms with van der Waals surface area (Å²) in [5.74, 6) is -0.759. The van der Waals surface area contributed by atoms with Crippen LogP contribution < -0.4 is 10.0 Å². The summed E-state index contributed by atoms with van der Waals surface area (Å²) in [6.07, 6.45) is 0.862. The van der Waals surface area contributed by atoms with E-state index in [1.165, 1.54) is 12.1 Å². The maximum absolute atomic E-state index is 12.5. The van der Waals surface area contributed by atoms with Crippen LogP contribution in [-0.2, 0) is 24.3 Å². The van der Waals surface area contributed by atoms with Gasteiger partial charge in [-0.15, -0.1) is 0 Å². The minimum Gasteiger partial charge on any atom is -0.383 e. The van der Waals surface area contributed by atoms with Gasteiger partial charge in [0.1, 0.15) is 0 Å². The van der Waals surface area contributed by atoms with Crippen molar-refractivity contribution in [2.45, 2.75) is 37.6 Å². The summed E-state index contributed by atoms with van der Waals surface area (Å²) in [6.45, 7) is 4.90. The van der Waals surface area contributed by atoms with Gasteiger partial charge >= 0.3 is 0 Å². The Hall–Kier alpha value is -1.97. The van der Waals surface area contributed by atoms with Gasteiger partial charge in [-0.3, -0.25) is 9.59 Å². The summed E-state index contributed by atoms with van der Waals surface area (Å²) in [4.78, 5) is 26.4. The average molecular weight is 397 g/mol. The first-order valence-corrected chi connectivity index (χ1v) is 10.5. The SMILES string of the molecule is CCCNS(=O)(=O)c1ccc(NC(=O)C2CC(=O)N(C(C)COC)C2)cc1. The molecule has 0 aromatic heterocycles. The fraction of sp³-hybridized carbons (Fsp3) is 0.556. The number of hydrogen-bond acceptors (Lipinski definition) is 5. The molecular weight excluding hydrogens is 370 g/mol. The van der Waals surface area contributed by atoms with Crippen LogP contribution in [0.25, 0.3) is 0 Å². The van der Waals surface area contributed by atoms with Crippen molar-refractivity contribution in [1.29, 1.82) is 0 Å². The summed E-state index contributed by atoms with van der Waals surface area (Å²) < 4.78 is 31.7. The molecule has 2 rings (SSSR count). The molecule has 1 heterocycles. The Morgan fingerprint density at radius 2 is 2.00 bits per heavy atom. The molecule has 0 saturated carbocycles. The molecule has 2 unspecified atom stereocenters. The van der Waals surface area contributed by atoms with E-state index in [2.05, 4.69) is 10.0 Å². The lowest BCUT2D eigenvalue weighted by Crippen LogP contribution is -2.38. The fourth-order valence-electron chi connectivity index (χ4n) is 2.95. The molecule has 0 aliphatic carbocycles. The molecule has 1 aliphatic heterocycles. The van der Waals surface area contributed by atoms with Crippen LogP contribution in [0.4, 0.5) is 5.69 Å². The molecule has 2 amide bonds. The molecular formula is C18H27N3O5S. The van der Waals surface area contributed by atoms with Crippen LogP contribution in [0, 0.1) is 5.92 Å². The number of benzene rings is 1. The van der Waals surface area contributed by atoms with E-state index in [0.717, 1.165) is 0 Å². The van der Waals surface area contributed by atoms with Crippen molar-refractivity contribution in [3.05, 3.63) is 24.3 Å². The molecule has 0 spiro atoms. The zero-order valence-electron chi connectivity index (χ0n) is 15.9. The maximum atomic E-state index is 12.5. The smallest absolute Gasteiger partial charge is 0.240 e. The Morgan fingerprint density at radius 1 is 1.33 bits per heavy atom. The fourth-order valence-corrected chi connectivity index (χ4v) is 4.08. The minimum atomic E-state index is -3.54. The number of likely N-dealkylation sites (tertiary alicyclic amines) is 1. The van der Waals surface area contributed by atoms with Crippen LogP contribution in [-0.4, -0.2) is 58.0 Å². The first-order chi connectivity index (χ1) is 12.8. The molecule has 1 aromatic rings. The number of amides is 2. The van der Waals surface area contributed by atoms with Gasteiger partial charge in [0.25, 0.3) is 0 Å². The Labute approximate surface area is 160 Å². The Kier molecular flexibility index (Phi) is 7.34. The molecule has 1 fully saturated rings. The number of carbonyl (C=O) groups is 2. The van der Waals surface area contributed by atoms with E-state index in [1.54, 1.807) is 24.1 Å². The highest BCUT2D eigenvalue weighted by Crippen LogP contribution is 2.22. The molecule has 2 N–H and O–H groups in total. The van der Waals surface area contributed by atoms with Crippen molar-refractivity contribution < 1.29 is 22.7 Å². The monoisotopic (exact) mass is 397 g/mol. The van der Waals surface area contributed by atoms with Crippen molar-refractivity contribution in [2.24, 2.45) is 5.92 Å². The average Bonchev–Trinajstić information content (AvgIpc) is 3.03. The highest BCUT2D eigenvalue weighted by atomic mass is 32.2. The number of rotatable bonds is 9. The predicted octanol–water partition coefficient (Wildman–Crippen LogP) is 1.20. The van der Waals surface area contributed by atoms with E-state index in [4.69, 9.17) is 4.74 Å². The van der Waals surface area contributed by atoms with Crippen LogP contribution >= 0.6 is 0 Å². The number of carbonyl (C=O) groups excluding carboxylic acids is 2. The Balaban J connectivity index is 1.97. The van der Waals surface area contributed by atoms with Crippen LogP contribution in [0.3, 0.4) is 0 Å². The van der Waals surface area contributed by atoms with Gasteiger partial charge in [0.15, 0.2) is 0 Å². The minimum absolute atomic E-state index is 0.0665. The summed E-state index contributed by atoms with van der Waals surface area (Å²) in [5, 5.41) is 2.75. The molecule has 2 atom stereocenters. The van der Waals surface area contributed by atoms with Gasteiger partial charge < -0.3 is 15.0 Å². The van der Waals surface area contributed by atoms with E-state index in [9.17, 15) is 18.0 Å². The lowest BCUT2D eigenvalue weighted by molar-refractivity contribution is -0.130. The van der Waals surface area contributed by atoms with Crippen molar-refractivity contribution in [2.75, 3.05) is 32.1 Å². The molecule has 1 saturated heterocycles. The number of sulfonamides is 1. The first-order valence-electron chi connectivity index (χ1n) is 8.97. The summed E-state index contributed by atoms with van der Waals surface area (Å²) >= 11 is 0. The quantitative estimate of drug-likeness (QED) is 0.651. The van der Waals surface area contributed by atoms with Crippen molar-refractivity contribution in [3.8, 4) is 0 Å². The molecule has 27 heavy (non-hydrogen) atoms. The summed E-state index contributed by atoms with van der Waals surface area (Å²) in [6, 6.07) is 5.89. The molecule has 9 heteroatoms. The number of methoxy groups -OCH3 is 1. The predicted molar refractivity (Wildman–Crippen MR) is 102 cm³/mol. The normalized spacial score (nSPS) is 18.6. The summed E-state index contributed by atoms with van der Waals surface area (Å²) in [7, 11) is -1.97. The Morgan fingerprint density at radius 3 is 2.59 bits per heavy atom. The van der Waals surface area contributed by atoms with Crippen molar-refractivity contribution in [1.82, 2.24) is 9.62 Å². The van der Waals surface area contributed by atoms with Gasteiger partial charge in [-0.05, 0) is 37.6 Å².